The summed E-state index contributed by atoms with van der Waals surface area (Å²) in [7, 11) is 1.23. The van der Waals surface area contributed by atoms with Crippen LogP contribution in [0.2, 0.25) is 0 Å². The van der Waals surface area contributed by atoms with Crippen LogP contribution in [0.1, 0.15) is 25.8 Å². The number of benzene rings is 1. The number of esters is 3. The first-order valence-corrected chi connectivity index (χ1v) is 8.70. The van der Waals surface area contributed by atoms with E-state index in [4.69, 9.17) is 15.2 Å². The van der Waals surface area contributed by atoms with E-state index < -0.39 is 23.9 Å². The molecule has 0 saturated carbocycles. The lowest BCUT2D eigenvalue weighted by Crippen LogP contribution is -2.34. The van der Waals surface area contributed by atoms with Gasteiger partial charge in [-0.05, 0) is 24.1 Å². The highest BCUT2D eigenvalue weighted by molar-refractivity contribution is 8.13. The maximum absolute atomic E-state index is 11.9. The number of nitrogens with two attached hydrogens (primary N) is 1. The van der Waals surface area contributed by atoms with E-state index in [1.165, 1.54) is 33.1 Å². The molecule has 0 aliphatic rings. The van der Waals surface area contributed by atoms with Gasteiger partial charge in [0.1, 0.15) is 6.04 Å². The molecule has 0 unspecified atom stereocenters. The zero-order chi connectivity index (χ0) is 19.7. The van der Waals surface area contributed by atoms with Gasteiger partial charge >= 0.3 is 17.9 Å². The van der Waals surface area contributed by atoms with Crippen molar-refractivity contribution in [3.63, 3.8) is 0 Å². The van der Waals surface area contributed by atoms with Crippen molar-refractivity contribution in [2.45, 2.75) is 32.7 Å². The third kappa shape index (κ3) is 7.66. The van der Waals surface area contributed by atoms with Crippen LogP contribution in [0.3, 0.4) is 0 Å². The van der Waals surface area contributed by atoms with E-state index in [2.05, 4.69) is 4.74 Å². The fourth-order valence-corrected chi connectivity index (χ4v) is 2.65. The Morgan fingerprint density at radius 2 is 1.69 bits per heavy atom. The lowest BCUT2D eigenvalue weighted by molar-refractivity contribution is -0.141. The summed E-state index contributed by atoms with van der Waals surface area (Å²) >= 11 is 0.954. The molecule has 1 aromatic rings. The molecule has 0 aliphatic carbocycles. The zero-order valence-corrected chi connectivity index (χ0v) is 15.6. The first-order valence-electron chi connectivity index (χ1n) is 7.71. The van der Waals surface area contributed by atoms with Gasteiger partial charge in [0.05, 0.1) is 7.11 Å². The van der Waals surface area contributed by atoms with Crippen molar-refractivity contribution in [1.82, 2.24) is 0 Å². The van der Waals surface area contributed by atoms with Gasteiger partial charge in [0.2, 0.25) is 0 Å². The average Bonchev–Trinajstić information content (AvgIpc) is 2.58. The van der Waals surface area contributed by atoms with Crippen LogP contribution in [0, 0.1) is 0 Å². The number of thioether (sulfide) groups is 1. The van der Waals surface area contributed by atoms with Gasteiger partial charge in [-0.3, -0.25) is 19.2 Å². The number of methoxy groups -OCH3 is 1. The van der Waals surface area contributed by atoms with E-state index in [0.717, 1.165) is 17.3 Å². The predicted octanol–water partition coefficient (Wildman–Crippen LogP) is 1.23. The minimum absolute atomic E-state index is 0.109. The highest BCUT2D eigenvalue weighted by atomic mass is 32.2. The van der Waals surface area contributed by atoms with E-state index in [1.807, 2.05) is 0 Å². The fraction of sp³-hybridized carbons (Fsp3) is 0.412. The van der Waals surface area contributed by atoms with Crippen molar-refractivity contribution in [1.29, 1.82) is 0 Å². The third-order valence-electron chi connectivity index (χ3n) is 3.06. The van der Waals surface area contributed by atoms with Crippen LogP contribution in [0.15, 0.2) is 18.2 Å². The van der Waals surface area contributed by atoms with Crippen molar-refractivity contribution in [3.05, 3.63) is 23.8 Å². The van der Waals surface area contributed by atoms with Crippen LogP contribution in [0.25, 0.3) is 0 Å². The number of carbonyl (C=O) groups excluding carboxylic acids is 4. The number of rotatable bonds is 8. The van der Waals surface area contributed by atoms with Gasteiger partial charge in [-0.15, -0.1) is 0 Å². The summed E-state index contributed by atoms with van der Waals surface area (Å²) in [5.41, 5.74) is 6.29. The van der Waals surface area contributed by atoms with E-state index >= 15 is 0 Å². The summed E-state index contributed by atoms with van der Waals surface area (Å²) in [6, 6.07) is 3.86. The van der Waals surface area contributed by atoms with E-state index in [1.54, 1.807) is 6.07 Å². The molecule has 0 radical (unpaired) electrons. The van der Waals surface area contributed by atoms with Gasteiger partial charge in [-0.2, -0.15) is 0 Å². The van der Waals surface area contributed by atoms with E-state index in [0.29, 0.717) is 6.42 Å². The maximum atomic E-state index is 11.9. The molecule has 9 heteroatoms. The Labute approximate surface area is 155 Å². The normalized spacial score (nSPS) is 11.4. The van der Waals surface area contributed by atoms with Crippen molar-refractivity contribution >= 4 is 34.8 Å². The summed E-state index contributed by atoms with van der Waals surface area (Å²) in [4.78, 5) is 45.4. The van der Waals surface area contributed by atoms with E-state index in [9.17, 15) is 19.2 Å². The molecule has 0 aromatic heterocycles. The largest absolute Gasteiger partial charge is 0.468 e. The molecule has 1 rings (SSSR count). The molecular formula is C17H21NO7S. The van der Waals surface area contributed by atoms with Gasteiger partial charge in [0.15, 0.2) is 16.6 Å². The standard InChI is InChI=1S/C17H21NO7S/c1-10(19)24-14-6-4-12(8-15(14)25-11(2)20)5-7-16(21)26-9-13(18)17(22)23-3/h4,6,8,13H,5,7,9,18H2,1-3H3/t13-/m0/s1. The fourth-order valence-electron chi connectivity index (χ4n) is 1.90. The Bertz CT molecular complexity index is 690. The second-order valence-corrected chi connectivity index (χ2v) is 6.36. The summed E-state index contributed by atoms with van der Waals surface area (Å²) in [5, 5.41) is -0.137. The van der Waals surface area contributed by atoms with Crippen LogP contribution < -0.4 is 15.2 Å². The topological polar surface area (TPSA) is 122 Å². The number of hydrogen-bond acceptors (Lipinski definition) is 9. The molecule has 0 aliphatic heterocycles. The van der Waals surface area contributed by atoms with Gasteiger partial charge in [-0.1, -0.05) is 17.8 Å². The predicted molar refractivity (Wildman–Crippen MR) is 94.8 cm³/mol. The first-order chi connectivity index (χ1) is 12.2. The lowest BCUT2D eigenvalue weighted by Gasteiger charge is -2.11. The SMILES string of the molecule is COC(=O)[C@@H](N)CSC(=O)CCc1ccc(OC(C)=O)c(OC(C)=O)c1. The molecule has 0 saturated heterocycles. The Hall–Kier alpha value is -2.39. The monoisotopic (exact) mass is 383 g/mol. The number of hydrogen-bond donors (Lipinski definition) is 1. The third-order valence-corrected chi connectivity index (χ3v) is 4.11. The van der Waals surface area contributed by atoms with Crippen LogP contribution in [0.5, 0.6) is 11.5 Å². The average molecular weight is 383 g/mol. The smallest absolute Gasteiger partial charge is 0.323 e. The molecule has 0 fully saturated rings. The molecule has 1 aromatic carbocycles. The quantitative estimate of drug-likeness (QED) is 0.521. The Balaban J connectivity index is 2.66. The van der Waals surface area contributed by atoms with Crippen molar-refractivity contribution in [2.75, 3.05) is 12.9 Å². The van der Waals surface area contributed by atoms with Gasteiger partial charge in [0, 0.05) is 26.0 Å². The number of aryl methyl sites for hydroxylation is 1. The highest BCUT2D eigenvalue weighted by Crippen LogP contribution is 2.29. The number of ether oxygens (including phenoxy) is 3. The maximum Gasteiger partial charge on any atom is 0.323 e. The second-order valence-electron chi connectivity index (χ2n) is 5.28. The van der Waals surface area contributed by atoms with Crippen LogP contribution in [0.4, 0.5) is 0 Å². The molecule has 26 heavy (non-hydrogen) atoms. The zero-order valence-electron chi connectivity index (χ0n) is 14.8. The van der Waals surface area contributed by atoms with E-state index in [-0.39, 0.29) is 28.8 Å². The lowest BCUT2D eigenvalue weighted by atomic mass is 10.1. The molecule has 2 N–H and O–H groups in total. The van der Waals surface area contributed by atoms with Gasteiger partial charge < -0.3 is 19.9 Å². The van der Waals surface area contributed by atoms with Crippen molar-refractivity contribution in [3.8, 4) is 11.5 Å². The minimum atomic E-state index is -0.854. The summed E-state index contributed by atoms with van der Waals surface area (Å²) in [6.07, 6.45) is 0.582. The molecule has 0 spiro atoms. The summed E-state index contributed by atoms with van der Waals surface area (Å²) < 4.78 is 14.5. The van der Waals surface area contributed by atoms with Crippen LogP contribution in [-0.4, -0.2) is 41.9 Å². The van der Waals surface area contributed by atoms with Crippen LogP contribution >= 0.6 is 11.8 Å². The molecule has 0 heterocycles. The molecule has 1 atom stereocenters. The molecule has 0 amide bonds. The van der Waals surface area contributed by atoms with Crippen molar-refractivity contribution < 1.29 is 33.4 Å². The Morgan fingerprint density at radius 3 is 2.27 bits per heavy atom. The second kappa shape index (κ2) is 10.6. The van der Waals surface area contributed by atoms with Crippen LogP contribution in [-0.2, 0) is 30.3 Å². The summed E-state index contributed by atoms with van der Waals surface area (Å²) in [5.74, 6) is -1.30. The molecule has 8 nitrogen and oxygen atoms in total. The molecule has 142 valence electrons. The Kier molecular flexibility index (Phi) is 8.80. The highest BCUT2D eigenvalue weighted by Gasteiger charge is 2.16. The summed E-state index contributed by atoms with van der Waals surface area (Å²) in [6.45, 7) is 2.47. The van der Waals surface area contributed by atoms with Gasteiger partial charge in [-0.25, -0.2) is 0 Å². The minimum Gasteiger partial charge on any atom is -0.468 e. The Morgan fingerprint density at radius 1 is 1.08 bits per heavy atom. The molecular weight excluding hydrogens is 362 g/mol. The number of carbonyl (C=O) groups is 4. The van der Waals surface area contributed by atoms with Crippen molar-refractivity contribution in [2.24, 2.45) is 5.73 Å². The molecule has 0 bridgehead atoms. The first kappa shape index (κ1) is 21.7. The van der Waals surface area contributed by atoms with Gasteiger partial charge in [0.25, 0.3) is 0 Å².